The topological polar surface area (TPSA) is 43.8 Å². The zero-order chi connectivity index (χ0) is 12.3. The summed E-state index contributed by atoms with van der Waals surface area (Å²) < 4.78 is 0. The number of piperazine rings is 1. The van der Waals surface area contributed by atoms with Gasteiger partial charge >= 0.3 is 0 Å². The summed E-state index contributed by atoms with van der Waals surface area (Å²) in [5.74, 6) is 0.689. The van der Waals surface area contributed by atoms with Crippen molar-refractivity contribution in [3.63, 3.8) is 0 Å². The molecule has 2 aliphatic rings. The minimum atomic E-state index is 0.229. The van der Waals surface area contributed by atoms with Gasteiger partial charge in [-0.3, -0.25) is 9.69 Å². The Bertz CT molecular complexity index is 254. The summed E-state index contributed by atoms with van der Waals surface area (Å²) in [6, 6.07) is 0.274. The molecule has 4 nitrogen and oxygen atoms in total. The van der Waals surface area contributed by atoms with Crippen molar-refractivity contribution in [3.05, 3.63) is 0 Å². The highest BCUT2D eigenvalue weighted by Crippen LogP contribution is 2.28. The Balaban J connectivity index is 1.78. The molecule has 1 atom stereocenters. The maximum Gasteiger partial charge on any atom is 0.225 e. The fourth-order valence-corrected chi connectivity index (χ4v) is 2.72. The largest absolute Gasteiger partial charge is 0.395 e. The molecule has 17 heavy (non-hydrogen) atoms. The van der Waals surface area contributed by atoms with E-state index in [9.17, 15) is 9.90 Å². The van der Waals surface area contributed by atoms with E-state index in [0.29, 0.717) is 11.8 Å². The smallest absolute Gasteiger partial charge is 0.225 e. The second kappa shape index (κ2) is 5.83. The van der Waals surface area contributed by atoms with Gasteiger partial charge < -0.3 is 10.0 Å². The average Bonchev–Trinajstić information content (AvgIpc) is 2.29. The second-order valence-corrected chi connectivity index (χ2v) is 5.23. The zero-order valence-corrected chi connectivity index (χ0v) is 10.8. The summed E-state index contributed by atoms with van der Waals surface area (Å²) in [5.41, 5.74) is 0. The third-order valence-electron chi connectivity index (χ3n) is 4.28. The van der Waals surface area contributed by atoms with Crippen LogP contribution in [0, 0.1) is 5.92 Å². The standard InChI is InChI=1S/C13H24N2O2/c1-2-12(10-16)14-6-8-15(9-7-14)13(17)11-4-3-5-11/h11-12,16H,2-10H2,1H3. The fourth-order valence-electron chi connectivity index (χ4n) is 2.72. The molecule has 98 valence electrons. The number of aliphatic hydroxyl groups excluding tert-OH is 1. The van der Waals surface area contributed by atoms with E-state index in [-0.39, 0.29) is 12.6 Å². The number of hydrogen-bond acceptors (Lipinski definition) is 3. The van der Waals surface area contributed by atoms with Gasteiger partial charge in [0.15, 0.2) is 0 Å². The highest BCUT2D eigenvalue weighted by Gasteiger charge is 2.32. The molecule has 1 N–H and O–H groups in total. The first kappa shape index (κ1) is 12.8. The van der Waals surface area contributed by atoms with Crippen LogP contribution < -0.4 is 0 Å². The monoisotopic (exact) mass is 240 g/mol. The van der Waals surface area contributed by atoms with Crippen molar-refractivity contribution in [2.75, 3.05) is 32.8 Å². The van der Waals surface area contributed by atoms with Gasteiger partial charge in [0.1, 0.15) is 0 Å². The van der Waals surface area contributed by atoms with Gasteiger partial charge in [-0.25, -0.2) is 0 Å². The molecule has 4 heteroatoms. The lowest BCUT2D eigenvalue weighted by atomic mass is 9.84. The van der Waals surface area contributed by atoms with E-state index in [4.69, 9.17) is 0 Å². The molecule has 1 heterocycles. The van der Waals surface area contributed by atoms with Gasteiger partial charge in [-0.15, -0.1) is 0 Å². The number of carbonyl (C=O) groups excluding carboxylic acids is 1. The van der Waals surface area contributed by atoms with E-state index in [0.717, 1.165) is 45.4 Å². The molecule has 1 unspecified atom stereocenters. The normalized spacial score (nSPS) is 24.5. The number of nitrogens with zero attached hydrogens (tertiary/aromatic N) is 2. The summed E-state index contributed by atoms with van der Waals surface area (Å²) in [4.78, 5) is 16.4. The van der Waals surface area contributed by atoms with Crippen LogP contribution in [0.25, 0.3) is 0 Å². The van der Waals surface area contributed by atoms with Gasteiger partial charge in [0.2, 0.25) is 5.91 Å². The van der Waals surface area contributed by atoms with Crippen LogP contribution in [-0.4, -0.2) is 59.6 Å². The molecule has 1 aliphatic carbocycles. The van der Waals surface area contributed by atoms with Crippen LogP contribution in [0.4, 0.5) is 0 Å². The van der Waals surface area contributed by atoms with Crippen LogP contribution in [0.15, 0.2) is 0 Å². The first-order valence-electron chi connectivity index (χ1n) is 6.90. The predicted octanol–water partition coefficient (Wildman–Crippen LogP) is 0.702. The molecular weight excluding hydrogens is 216 g/mol. The van der Waals surface area contributed by atoms with Crippen LogP contribution in [0.3, 0.4) is 0 Å². The Hall–Kier alpha value is -0.610. The lowest BCUT2D eigenvalue weighted by molar-refractivity contribution is -0.140. The summed E-state index contributed by atoms with van der Waals surface area (Å²) in [6.45, 7) is 5.84. The number of amides is 1. The highest BCUT2D eigenvalue weighted by atomic mass is 16.3. The van der Waals surface area contributed by atoms with Crippen LogP contribution >= 0.6 is 0 Å². The minimum absolute atomic E-state index is 0.229. The van der Waals surface area contributed by atoms with Crippen LogP contribution in [0.2, 0.25) is 0 Å². The van der Waals surface area contributed by atoms with Gasteiger partial charge in [-0.2, -0.15) is 0 Å². The molecule has 1 saturated heterocycles. The van der Waals surface area contributed by atoms with Crippen molar-refractivity contribution in [1.82, 2.24) is 9.80 Å². The fraction of sp³-hybridized carbons (Fsp3) is 0.923. The summed E-state index contributed by atoms with van der Waals surface area (Å²) in [6.07, 6.45) is 4.38. The third kappa shape index (κ3) is 2.80. The Morgan fingerprint density at radius 2 is 1.94 bits per heavy atom. The molecule has 0 radical (unpaired) electrons. The molecule has 0 aromatic heterocycles. The number of rotatable bonds is 4. The second-order valence-electron chi connectivity index (χ2n) is 5.23. The van der Waals surface area contributed by atoms with Gasteiger partial charge in [0.25, 0.3) is 0 Å². The first-order valence-corrected chi connectivity index (χ1v) is 6.90. The Kier molecular flexibility index (Phi) is 4.40. The van der Waals surface area contributed by atoms with Crippen LogP contribution in [0.1, 0.15) is 32.6 Å². The van der Waals surface area contributed by atoms with Crippen LogP contribution in [-0.2, 0) is 4.79 Å². The summed E-state index contributed by atoms with van der Waals surface area (Å²) in [5, 5.41) is 9.27. The number of aliphatic hydroxyl groups is 1. The molecule has 1 saturated carbocycles. The lowest BCUT2D eigenvalue weighted by Crippen LogP contribution is -2.54. The highest BCUT2D eigenvalue weighted by molar-refractivity contribution is 5.79. The number of hydrogen-bond donors (Lipinski definition) is 1. The van der Waals surface area contributed by atoms with Gasteiger partial charge in [-0.05, 0) is 19.3 Å². The summed E-state index contributed by atoms with van der Waals surface area (Å²) >= 11 is 0. The zero-order valence-electron chi connectivity index (χ0n) is 10.8. The van der Waals surface area contributed by atoms with E-state index >= 15 is 0 Å². The van der Waals surface area contributed by atoms with Crippen molar-refractivity contribution in [1.29, 1.82) is 0 Å². The first-order chi connectivity index (χ1) is 8.26. The molecule has 0 aromatic rings. The molecule has 1 aliphatic heterocycles. The Morgan fingerprint density at radius 1 is 1.29 bits per heavy atom. The van der Waals surface area contributed by atoms with Gasteiger partial charge in [0, 0.05) is 38.1 Å². The van der Waals surface area contributed by atoms with Crippen molar-refractivity contribution in [2.45, 2.75) is 38.6 Å². The Labute approximate surface area is 104 Å². The van der Waals surface area contributed by atoms with E-state index in [1.165, 1.54) is 6.42 Å². The average molecular weight is 240 g/mol. The van der Waals surface area contributed by atoms with E-state index in [1.54, 1.807) is 0 Å². The number of carbonyl (C=O) groups is 1. The SMILES string of the molecule is CCC(CO)N1CCN(C(=O)C2CCC2)CC1. The third-order valence-corrected chi connectivity index (χ3v) is 4.28. The van der Waals surface area contributed by atoms with E-state index in [1.807, 2.05) is 4.90 Å². The van der Waals surface area contributed by atoms with E-state index in [2.05, 4.69) is 11.8 Å². The molecular formula is C13H24N2O2. The van der Waals surface area contributed by atoms with Crippen molar-refractivity contribution in [3.8, 4) is 0 Å². The maximum absolute atomic E-state index is 12.1. The Morgan fingerprint density at radius 3 is 2.35 bits per heavy atom. The van der Waals surface area contributed by atoms with Crippen LogP contribution in [0.5, 0.6) is 0 Å². The molecule has 0 bridgehead atoms. The quantitative estimate of drug-likeness (QED) is 0.787. The predicted molar refractivity (Wildman–Crippen MR) is 66.7 cm³/mol. The van der Waals surface area contributed by atoms with Crippen molar-refractivity contribution >= 4 is 5.91 Å². The summed E-state index contributed by atoms with van der Waals surface area (Å²) in [7, 11) is 0. The lowest BCUT2D eigenvalue weighted by Gasteiger charge is -2.40. The molecule has 0 spiro atoms. The molecule has 1 amide bonds. The van der Waals surface area contributed by atoms with Crippen molar-refractivity contribution < 1.29 is 9.90 Å². The van der Waals surface area contributed by atoms with Crippen molar-refractivity contribution in [2.24, 2.45) is 5.92 Å². The van der Waals surface area contributed by atoms with Gasteiger partial charge in [-0.1, -0.05) is 13.3 Å². The molecule has 2 rings (SSSR count). The molecule has 0 aromatic carbocycles. The van der Waals surface area contributed by atoms with E-state index < -0.39 is 0 Å². The minimum Gasteiger partial charge on any atom is -0.395 e. The molecule has 2 fully saturated rings. The van der Waals surface area contributed by atoms with Gasteiger partial charge in [0.05, 0.1) is 6.61 Å². The maximum atomic E-state index is 12.1.